The van der Waals surface area contributed by atoms with E-state index in [1.165, 1.54) is 6.92 Å². The molecule has 0 aliphatic heterocycles. The fourth-order valence-corrected chi connectivity index (χ4v) is 1.19. The number of nitrogens with zero attached hydrogens (tertiary/aromatic N) is 1. The van der Waals surface area contributed by atoms with Crippen molar-refractivity contribution in [3.05, 3.63) is 33.6 Å². The van der Waals surface area contributed by atoms with Gasteiger partial charge in [-0.25, -0.2) is 0 Å². The van der Waals surface area contributed by atoms with E-state index in [1.54, 1.807) is 0 Å². The van der Waals surface area contributed by atoms with Crippen LogP contribution in [0.4, 0.5) is 18.9 Å². The van der Waals surface area contributed by atoms with E-state index in [1.807, 2.05) is 15.9 Å². The summed E-state index contributed by atoms with van der Waals surface area (Å²) in [6, 6.07) is 1.37. The van der Waals surface area contributed by atoms with E-state index < -0.39 is 27.2 Å². The average Bonchev–Trinajstić information content (AvgIpc) is 2.07. The molecule has 0 unspecified atom stereocenters. The molecule has 0 aliphatic carbocycles. The maximum absolute atomic E-state index is 13.0. The van der Waals surface area contributed by atoms with Crippen LogP contribution in [0.5, 0.6) is 5.75 Å². The van der Waals surface area contributed by atoms with Crippen molar-refractivity contribution in [3.8, 4) is 5.75 Å². The summed E-state index contributed by atoms with van der Waals surface area (Å²) in [6.07, 6.45) is 0. The predicted molar refractivity (Wildman–Crippen MR) is 52.3 cm³/mol. The Labute approximate surface area is 96.3 Å². The normalized spacial score (nSPS) is 11.3. The lowest BCUT2D eigenvalue weighted by atomic mass is 10.2. The van der Waals surface area contributed by atoms with E-state index in [-0.39, 0.29) is 5.56 Å². The van der Waals surface area contributed by atoms with E-state index >= 15 is 0 Å². The lowest BCUT2D eigenvalue weighted by Crippen LogP contribution is -2.15. The molecule has 0 fully saturated rings. The molecule has 16 heavy (non-hydrogen) atoms. The van der Waals surface area contributed by atoms with E-state index in [0.717, 1.165) is 6.07 Å². The van der Waals surface area contributed by atoms with Gasteiger partial charge < -0.3 is 4.74 Å². The minimum atomic E-state index is -3.66. The molecule has 0 atom stereocenters. The number of rotatable bonds is 3. The Kier molecular flexibility index (Phi) is 3.41. The zero-order chi connectivity index (χ0) is 12.5. The molecule has 0 saturated carbocycles. The number of aryl methyl sites for hydroxylation is 1. The van der Waals surface area contributed by atoms with Crippen LogP contribution in [0.15, 0.2) is 12.1 Å². The van der Waals surface area contributed by atoms with Crippen molar-refractivity contribution in [3.63, 3.8) is 0 Å². The van der Waals surface area contributed by atoms with Crippen molar-refractivity contribution in [2.75, 3.05) is 0 Å². The molecule has 0 saturated heterocycles. The molecule has 4 nitrogen and oxygen atoms in total. The van der Waals surface area contributed by atoms with Crippen LogP contribution in [0.3, 0.4) is 0 Å². The SMILES string of the molecule is Cc1cc(F)c([N+](=O)[O-])cc1OC(F)(F)Br. The minimum Gasteiger partial charge on any atom is -0.423 e. The Bertz CT molecular complexity index is 433. The van der Waals surface area contributed by atoms with Crippen LogP contribution in [0.25, 0.3) is 0 Å². The van der Waals surface area contributed by atoms with Gasteiger partial charge in [-0.15, -0.1) is 0 Å². The summed E-state index contributed by atoms with van der Waals surface area (Å²) >= 11 is 1.91. The highest BCUT2D eigenvalue weighted by atomic mass is 79.9. The molecule has 88 valence electrons. The fraction of sp³-hybridized carbons (Fsp3) is 0.250. The van der Waals surface area contributed by atoms with Gasteiger partial charge in [-0.3, -0.25) is 10.1 Å². The first kappa shape index (κ1) is 12.8. The standard InChI is InChI=1S/C8H5BrF3NO3/c1-4-2-5(10)6(13(14)15)3-7(4)16-8(9,11)12/h2-3H,1H3. The Balaban J connectivity index is 3.20. The summed E-state index contributed by atoms with van der Waals surface area (Å²) in [6.45, 7) is 1.29. The highest BCUT2D eigenvalue weighted by Crippen LogP contribution is 2.33. The van der Waals surface area contributed by atoms with Crippen LogP contribution in [0.2, 0.25) is 0 Å². The summed E-state index contributed by atoms with van der Waals surface area (Å²) < 4.78 is 42.0. The Morgan fingerprint density at radius 3 is 2.50 bits per heavy atom. The third-order valence-corrected chi connectivity index (χ3v) is 1.83. The summed E-state index contributed by atoms with van der Waals surface area (Å²) in [5.74, 6) is -1.57. The molecule has 0 N–H and O–H groups in total. The molecule has 0 radical (unpaired) electrons. The van der Waals surface area contributed by atoms with Gasteiger partial charge in [-0.1, -0.05) is 0 Å². The number of hydrogen-bond donors (Lipinski definition) is 0. The van der Waals surface area contributed by atoms with Crippen molar-refractivity contribution >= 4 is 21.6 Å². The first-order chi connectivity index (χ1) is 7.20. The smallest absolute Gasteiger partial charge is 0.423 e. The van der Waals surface area contributed by atoms with Gasteiger partial charge in [0.15, 0.2) is 0 Å². The summed E-state index contributed by atoms with van der Waals surface area (Å²) in [5.41, 5.74) is -0.889. The van der Waals surface area contributed by atoms with E-state index in [2.05, 4.69) is 4.74 Å². The van der Waals surface area contributed by atoms with Gasteiger partial charge in [-0.05, 0) is 18.6 Å². The number of nitro benzene ring substituents is 1. The minimum absolute atomic E-state index is 0.0298. The third kappa shape index (κ3) is 3.09. The zero-order valence-electron chi connectivity index (χ0n) is 7.84. The summed E-state index contributed by atoms with van der Waals surface area (Å²) in [4.78, 5) is 9.34. The number of halogens is 4. The number of hydrogen-bond acceptors (Lipinski definition) is 3. The summed E-state index contributed by atoms with van der Waals surface area (Å²) in [5, 5.41) is 6.70. The second-order valence-corrected chi connectivity index (χ2v) is 3.80. The molecule has 0 aromatic heterocycles. The van der Waals surface area contributed by atoms with Crippen molar-refractivity contribution in [2.45, 2.75) is 11.9 Å². The summed E-state index contributed by atoms with van der Waals surface area (Å²) in [7, 11) is 0. The molecule has 0 spiro atoms. The number of nitro groups is 1. The maximum atomic E-state index is 13.0. The lowest BCUT2D eigenvalue weighted by Gasteiger charge is -2.13. The van der Waals surface area contributed by atoms with Crippen molar-refractivity contribution in [1.29, 1.82) is 0 Å². The fourth-order valence-electron chi connectivity index (χ4n) is 1.02. The zero-order valence-corrected chi connectivity index (χ0v) is 9.42. The predicted octanol–water partition coefficient (Wildman–Crippen LogP) is 3.37. The number of ether oxygens (including phenoxy) is 1. The van der Waals surface area contributed by atoms with Crippen LogP contribution in [-0.2, 0) is 0 Å². The van der Waals surface area contributed by atoms with Crippen molar-refractivity contribution in [2.24, 2.45) is 0 Å². The van der Waals surface area contributed by atoms with Crippen LogP contribution in [0, 0.1) is 22.9 Å². The second-order valence-electron chi connectivity index (χ2n) is 2.87. The van der Waals surface area contributed by atoms with E-state index in [9.17, 15) is 23.3 Å². The quantitative estimate of drug-likeness (QED) is 0.488. The highest BCUT2D eigenvalue weighted by Gasteiger charge is 2.29. The van der Waals surface area contributed by atoms with Gasteiger partial charge >= 0.3 is 10.7 Å². The molecule has 1 aromatic rings. The van der Waals surface area contributed by atoms with Crippen molar-refractivity contribution in [1.82, 2.24) is 0 Å². The van der Waals surface area contributed by atoms with Gasteiger partial charge in [0, 0.05) is 15.9 Å². The number of alkyl halides is 3. The molecular weight excluding hydrogens is 295 g/mol. The van der Waals surface area contributed by atoms with Crippen LogP contribution < -0.4 is 4.74 Å². The molecule has 0 aliphatic rings. The lowest BCUT2D eigenvalue weighted by molar-refractivity contribution is -0.387. The maximum Gasteiger partial charge on any atom is 0.459 e. The first-order valence-corrected chi connectivity index (χ1v) is 4.70. The Morgan fingerprint density at radius 2 is 2.06 bits per heavy atom. The van der Waals surface area contributed by atoms with Crippen LogP contribution in [0.1, 0.15) is 5.56 Å². The highest BCUT2D eigenvalue weighted by molar-refractivity contribution is 9.09. The van der Waals surface area contributed by atoms with Gasteiger partial charge in [0.2, 0.25) is 5.82 Å². The monoisotopic (exact) mass is 299 g/mol. The molecule has 0 bridgehead atoms. The molecule has 0 amide bonds. The van der Waals surface area contributed by atoms with Crippen LogP contribution >= 0.6 is 15.9 Å². The van der Waals surface area contributed by atoms with Crippen LogP contribution in [-0.4, -0.2) is 9.94 Å². The van der Waals surface area contributed by atoms with E-state index in [4.69, 9.17) is 0 Å². The Morgan fingerprint density at radius 1 is 1.50 bits per heavy atom. The molecule has 1 aromatic carbocycles. The second kappa shape index (κ2) is 4.28. The van der Waals surface area contributed by atoms with Gasteiger partial charge in [0.1, 0.15) is 5.75 Å². The van der Waals surface area contributed by atoms with Gasteiger partial charge in [0.25, 0.3) is 0 Å². The van der Waals surface area contributed by atoms with E-state index in [0.29, 0.717) is 6.07 Å². The van der Waals surface area contributed by atoms with Crippen molar-refractivity contribution < 1.29 is 22.8 Å². The molecule has 0 heterocycles. The topological polar surface area (TPSA) is 52.4 Å². The third-order valence-electron chi connectivity index (χ3n) is 1.67. The molecular formula is C8H5BrF3NO3. The first-order valence-electron chi connectivity index (χ1n) is 3.91. The molecule has 1 rings (SSSR count). The molecule has 8 heteroatoms. The average molecular weight is 300 g/mol. The van der Waals surface area contributed by atoms with Gasteiger partial charge in [0.05, 0.1) is 11.0 Å². The Hall–Kier alpha value is -1.31. The number of benzene rings is 1. The van der Waals surface area contributed by atoms with Gasteiger partial charge in [-0.2, -0.15) is 13.2 Å². The largest absolute Gasteiger partial charge is 0.459 e.